The summed E-state index contributed by atoms with van der Waals surface area (Å²) in [5, 5.41) is 4.45. The fraction of sp³-hybridized carbons (Fsp3) is 0.375. The Kier molecular flexibility index (Phi) is 2.74. The van der Waals surface area contributed by atoms with E-state index < -0.39 is 0 Å². The Morgan fingerprint density at radius 2 is 2.10 bits per heavy atom. The molecule has 1 atom stereocenters. The van der Waals surface area contributed by atoms with E-state index >= 15 is 0 Å². The number of nitrogens with zero attached hydrogens (tertiary/aromatic N) is 5. The lowest BCUT2D eigenvalue weighted by Gasteiger charge is -2.17. The lowest BCUT2D eigenvalue weighted by Crippen LogP contribution is -2.23. The van der Waals surface area contributed by atoms with Crippen LogP contribution in [-0.2, 0) is 7.05 Å². The number of benzene rings is 1. The minimum absolute atomic E-state index is 0.443. The first kappa shape index (κ1) is 12.4. The van der Waals surface area contributed by atoms with Crippen LogP contribution in [-0.4, -0.2) is 32.4 Å². The fourth-order valence-electron chi connectivity index (χ4n) is 3.19. The molecule has 5 nitrogen and oxygen atoms in total. The van der Waals surface area contributed by atoms with E-state index in [9.17, 15) is 0 Å². The number of anilines is 1. The first-order valence-electron chi connectivity index (χ1n) is 7.39. The van der Waals surface area contributed by atoms with Gasteiger partial charge < -0.3 is 9.47 Å². The first-order chi connectivity index (χ1) is 10.2. The number of aryl methyl sites for hydroxylation is 2. The fourth-order valence-corrected chi connectivity index (χ4v) is 3.19. The number of rotatable bonds is 2. The first-order valence-corrected chi connectivity index (χ1v) is 7.39. The Balaban J connectivity index is 1.63. The van der Waals surface area contributed by atoms with Crippen molar-refractivity contribution in [3.05, 3.63) is 42.2 Å². The average molecular weight is 281 g/mol. The Morgan fingerprint density at radius 3 is 2.86 bits per heavy atom. The van der Waals surface area contributed by atoms with Gasteiger partial charge in [-0.05, 0) is 31.0 Å². The van der Waals surface area contributed by atoms with Crippen LogP contribution in [0.5, 0.6) is 0 Å². The summed E-state index contributed by atoms with van der Waals surface area (Å²) in [6.07, 6.45) is 5.17. The third-order valence-electron chi connectivity index (χ3n) is 4.31. The van der Waals surface area contributed by atoms with Crippen molar-refractivity contribution in [3.8, 4) is 0 Å². The van der Waals surface area contributed by atoms with E-state index in [4.69, 9.17) is 4.98 Å². The van der Waals surface area contributed by atoms with Crippen LogP contribution in [0.3, 0.4) is 0 Å². The van der Waals surface area contributed by atoms with E-state index in [1.54, 1.807) is 0 Å². The molecule has 0 amide bonds. The Hall–Kier alpha value is -2.30. The number of imidazole rings is 1. The van der Waals surface area contributed by atoms with Crippen LogP contribution in [0.15, 0.2) is 36.7 Å². The summed E-state index contributed by atoms with van der Waals surface area (Å²) in [5.74, 6) is 1.06. The number of aromatic nitrogens is 4. The third-order valence-corrected chi connectivity index (χ3v) is 4.31. The Labute approximate surface area is 123 Å². The van der Waals surface area contributed by atoms with Crippen LogP contribution in [0, 0.1) is 6.92 Å². The highest BCUT2D eigenvalue weighted by atomic mass is 15.4. The lowest BCUT2D eigenvalue weighted by molar-refractivity contribution is 0.494. The van der Waals surface area contributed by atoms with Gasteiger partial charge in [0, 0.05) is 26.3 Å². The highest BCUT2D eigenvalue weighted by molar-refractivity contribution is 5.78. The summed E-state index contributed by atoms with van der Waals surface area (Å²) in [5.41, 5.74) is 3.47. The quantitative estimate of drug-likeness (QED) is 0.724. The van der Waals surface area contributed by atoms with Gasteiger partial charge in [0.15, 0.2) is 0 Å². The summed E-state index contributed by atoms with van der Waals surface area (Å²) in [6, 6.07) is 8.74. The molecule has 1 aromatic carbocycles. The molecule has 1 fully saturated rings. The molecular weight excluding hydrogens is 262 g/mol. The van der Waals surface area contributed by atoms with Gasteiger partial charge in [0.2, 0.25) is 5.95 Å². The molecule has 2 aromatic heterocycles. The molecule has 0 saturated carbocycles. The molecule has 0 aliphatic carbocycles. The molecule has 4 rings (SSSR count). The second-order valence-electron chi connectivity index (χ2n) is 5.85. The van der Waals surface area contributed by atoms with Gasteiger partial charge in [0.05, 0.1) is 23.3 Å². The van der Waals surface area contributed by atoms with E-state index in [1.165, 1.54) is 11.1 Å². The summed E-state index contributed by atoms with van der Waals surface area (Å²) < 4.78 is 4.28. The van der Waals surface area contributed by atoms with Crippen molar-refractivity contribution in [2.45, 2.75) is 19.4 Å². The summed E-state index contributed by atoms with van der Waals surface area (Å²) in [7, 11) is 2.09. The number of para-hydroxylation sites is 2. The van der Waals surface area contributed by atoms with E-state index in [-0.39, 0.29) is 0 Å². The van der Waals surface area contributed by atoms with Crippen molar-refractivity contribution in [1.29, 1.82) is 0 Å². The normalized spacial score (nSPS) is 18.8. The van der Waals surface area contributed by atoms with Gasteiger partial charge in [-0.2, -0.15) is 5.10 Å². The molecule has 3 heterocycles. The van der Waals surface area contributed by atoms with Crippen molar-refractivity contribution in [3.63, 3.8) is 0 Å². The molecular formula is C16H19N5. The van der Waals surface area contributed by atoms with Crippen LogP contribution in [0.4, 0.5) is 5.95 Å². The van der Waals surface area contributed by atoms with E-state index in [0.717, 1.165) is 31.0 Å². The van der Waals surface area contributed by atoms with Gasteiger partial charge in [-0.3, -0.25) is 4.68 Å². The second kappa shape index (κ2) is 4.62. The molecule has 5 heteroatoms. The van der Waals surface area contributed by atoms with Crippen LogP contribution in [0.2, 0.25) is 0 Å². The SMILES string of the molecule is Cc1cnn(C2CCN(c3nc4ccccc4n3C)C2)c1. The maximum Gasteiger partial charge on any atom is 0.206 e. The van der Waals surface area contributed by atoms with Gasteiger partial charge >= 0.3 is 0 Å². The zero-order valence-electron chi connectivity index (χ0n) is 12.4. The lowest BCUT2D eigenvalue weighted by atomic mass is 10.3. The maximum absolute atomic E-state index is 4.79. The van der Waals surface area contributed by atoms with Gasteiger partial charge in [0.1, 0.15) is 0 Å². The summed E-state index contributed by atoms with van der Waals surface area (Å²) in [6.45, 7) is 4.08. The van der Waals surface area contributed by atoms with Crippen LogP contribution in [0.25, 0.3) is 11.0 Å². The Morgan fingerprint density at radius 1 is 1.24 bits per heavy atom. The molecule has 1 aliphatic rings. The third kappa shape index (κ3) is 2.00. The summed E-state index contributed by atoms with van der Waals surface area (Å²) in [4.78, 5) is 7.15. The van der Waals surface area contributed by atoms with Crippen molar-refractivity contribution in [2.24, 2.45) is 7.05 Å². The van der Waals surface area contributed by atoms with Gasteiger partial charge in [-0.15, -0.1) is 0 Å². The van der Waals surface area contributed by atoms with Crippen molar-refractivity contribution < 1.29 is 0 Å². The predicted octanol–water partition coefficient (Wildman–Crippen LogP) is 2.53. The smallest absolute Gasteiger partial charge is 0.206 e. The zero-order valence-corrected chi connectivity index (χ0v) is 12.4. The van der Waals surface area contributed by atoms with E-state index in [0.29, 0.717) is 6.04 Å². The van der Waals surface area contributed by atoms with Gasteiger partial charge in [0.25, 0.3) is 0 Å². The van der Waals surface area contributed by atoms with E-state index in [2.05, 4.69) is 57.6 Å². The molecule has 0 bridgehead atoms. The molecule has 1 unspecified atom stereocenters. The molecule has 1 saturated heterocycles. The minimum atomic E-state index is 0.443. The summed E-state index contributed by atoms with van der Waals surface area (Å²) >= 11 is 0. The van der Waals surface area contributed by atoms with Crippen LogP contribution < -0.4 is 4.90 Å². The number of hydrogen-bond donors (Lipinski definition) is 0. The van der Waals surface area contributed by atoms with Crippen molar-refractivity contribution in [1.82, 2.24) is 19.3 Å². The second-order valence-corrected chi connectivity index (χ2v) is 5.85. The maximum atomic E-state index is 4.79. The average Bonchev–Trinajstić information content (AvgIpc) is 3.18. The molecule has 0 N–H and O–H groups in total. The number of hydrogen-bond acceptors (Lipinski definition) is 3. The van der Waals surface area contributed by atoms with E-state index in [1.807, 2.05) is 12.3 Å². The standard InChI is InChI=1S/C16H19N5/c1-12-9-17-21(10-12)13-7-8-20(11-13)16-18-14-5-3-4-6-15(14)19(16)2/h3-6,9-10,13H,7-8,11H2,1-2H3. The zero-order chi connectivity index (χ0) is 14.4. The predicted molar refractivity (Wildman–Crippen MR) is 83.5 cm³/mol. The molecule has 108 valence electrons. The topological polar surface area (TPSA) is 38.9 Å². The minimum Gasteiger partial charge on any atom is -0.340 e. The molecule has 21 heavy (non-hydrogen) atoms. The van der Waals surface area contributed by atoms with Gasteiger partial charge in [-0.1, -0.05) is 12.1 Å². The van der Waals surface area contributed by atoms with Crippen LogP contribution in [0.1, 0.15) is 18.0 Å². The van der Waals surface area contributed by atoms with Crippen molar-refractivity contribution >= 4 is 17.0 Å². The Bertz CT molecular complexity index is 785. The molecule has 0 radical (unpaired) electrons. The molecule has 3 aromatic rings. The van der Waals surface area contributed by atoms with Gasteiger partial charge in [-0.25, -0.2) is 4.98 Å². The highest BCUT2D eigenvalue weighted by Crippen LogP contribution is 2.28. The largest absolute Gasteiger partial charge is 0.340 e. The van der Waals surface area contributed by atoms with Crippen molar-refractivity contribution in [2.75, 3.05) is 18.0 Å². The molecule has 0 spiro atoms. The number of fused-ring (bicyclic) bond motifs is 1. The molecule has 1 aliphatic heterocycles. The monoisotopic (exact) mass is 281 g/mol. The van der Waals surface area contributed by atoms with Crippen LogP contribution >= 0.6 is 0 Å². The highest BCUT2D eigenvalue weighted by Gasteiger charge is 2.27.